The fraction of sp³-hybridized carbons (Fsp3) is 0.400. The summed E-state index contributed by atoms with van der Waals surface area (Å²) in [7, 11) is 0. The number of carbonyl (C=O) groups excluding carboxylic acids is 3. The Labute approximate surface area is 131 Å². The van der Waals surface area contributed by atoms with Crippen molar-refractivity contribution in [1.29, 1.82) is 0 Å². The van der Waals surface area contributed by atoms with Gasteiger partial charge in [-0.05, 0) is 25.0 Å². The van der Waals surface area contributed by atoms with Crippen molar-refractivity contribution in [1.82, 2.24) is 10.2 Å². The van der Waals surface area contributed by atoms with Crippen LogP contribution < -0.4 is 10.6 Å². The maximum atomic E-state index is 13.4. The largest absolute Gasteiger partial charge is 0.348 e. The summed E-state index contributed by atoms with van der Waals surface area (Å²) in [6.45, 7) is 1.40. The molecule has 8 heteroatoms. The minimum atomic E-state index is -1.15. The molecule has 1 heterocycles. The molecule has 124 valence electrons. The van der Waals surface area contributed by atoms with Crippen LogP contribution >= 0.6 is 0 Å². The smallest absolute Gasteiger partial charge is 0.313 e. The average Bonchev–Trinajstić information content (AvgIpc) is 2.92. The highest BCUT2D eigenvalue weighted by molar-refractivity contribution is 6.39. The van der Waals surface area contributed by atoms with Crippen molar-refractivity contribution in [2.24, 2.45) is 0 Å². The molecule has 0 bridgehead atoms. The van der Waals surface area contributed by atoms with Crippen molar-refractivity contribution in [3.63, 3.8) is 0 Å². The van der Waals surface area contributed by atoms with Gasteiger partial charge in [-0.2, -0.15) is 0 Å². The van der Waals surface area contributed by atoms with Crippen molar-refractivity contribution in [2.75, 3.05) is 25.0 Å². The fourth-order valence-corrected chi connectivity index (χ4v) is 2.28. The van der Waals surface area contributed by atoms with E-state index in [1.165, 1.54) is 0 Å². The SMILES string of the molecule is O=C(NCCCN1CCCC1=O)C(=O)Nc1c(F)cccc1F. The lowest BCUT2D eigenvalue weighted by atomic mass is 10.3. The van der Waals surface area contributed by atoms with Gasteiger partial charge in [-0.1, -0.05) is 6.07 Å². The second-order valence-electron chi connectivity index (χ2n) is 5.14. The number of nitrogens with zero attached hydrogens (tertiary/aromatic N) is 1. The van der Waals surface area contributed by atoms with Gasteiger partial charge in [-0.25, -0.2) is 8.78 Å². The van der Waals surface area contributed by atoms with Crippen LogP contribution in [-0.2, 0) is 14.4 Å². The van der Waals surface area contributed by atoms with Crippen LogP contribution in [0, 0.1) is 11.6 Å². The summed E-state index contributed by atoms with van der Waals surface area (Å²) < 4.78 is 26.7. The summed E-state index contributed by atoms with van der Waals surface area (Å²) in [5.41, 5.74) is -0.657. The number of benzene rings is 1. The predicted octanol–water partition coefficient (Wildman–Crippen LogP) is 1.03. The zero-order valence-electron chi connectivity index (χ0n) is 12.4. The number of nitrogens with one attached hydrogen (secondary N) is 2. The van der Waals surface area contributed by atoms with E-state index in [9.17, 15) is 23.2 Å². The van der Waals surface area contributed by atoms with E-state index < -0.39 is 29.1 Å². The number of hydrogen-bond donors (Lipinski definition) is 2. The Bertz CT molecular complexity index is 602. The minimum absolute atomic E-state index is 0.0871. The lowest BCUT2D eigenvalue weighted by Gasteiger charge is -2.15. The van der Waals surface area contributed by atoms with Crippen molar-refractivity contribution < 1.29 is 23.2 Å². The molecule has 0 aromatic heterocycles. The van der Waals surface area contributed by atoms with E-state index in [2.05, 4.69) is 5.32 Å². The number of halogens is 2. The molecule has 1 saturated heterocycles. The molecule has 1 fully saturated rings. The highest BCUT2D eigenvalue weighted by atomic mass is 19.1. The number of anilines is 1. The summed E-state index contributed by atoms with van der Waals surface area (Å²) >= 11 is 0. The molecule has 3 amide bonds. The maximum Gasteiger partial charge on any atom is 0.313 e. The summed E-state index contributed by atoms with van der Waals surface area (Å²) in [5.74, 6) is -3.96. The topological polar surface area (TPSA) is 78.5 Å². The third kappa shape index (κ3) is 4.48. The molecule has 0 unspecified atom stereocenters. The van der Waals surface area contributed by atoms with Gasteiger partial charge in [0.15, 0.2) is 0 Å². The van der Waals surface area contributed by atoms with Crippen LogP contribution in [0.4, 0.5) is 14.5 Å². The van der Waals surface area contributed by atoms with E-state index in [-0.39, 0.29) is 12.5 Å². The number of amides is 3. The Morgan fingerprint density at radius 2 is 1.87 bits per heavy atom. The van der Waals surface area contributed by atoms with E-state index in [0.717, 1.165) is 24.6 Å². The van der Waals surface area contributed by atoms with Gasteiger partial charge in [-0.3, -0.25) is 14.4 Å². The summed E-state index contributed by atoms with van der Waals surface area (Å²) in [5, 5.41) is 4.25. The van der Waals surface area contributed by atoms with Gasteiger partial charge in [0.25, 0.3) is 0 Å². The Morgan fingerprint density at radius 1 is 1.17 bits per heavy atom. The van der Waals surface area contributed by atoms with Crippen LogP contribution in [0.15, 0.2) is 18.2 Å². The molecule has 0 aliphatic carbocycles. The number of para-hydroxylation sites is 1. The van der Waals surface area contributed by atoms with Crippen molar-refractivity contribution in [3.05, 3.63) is 29.8 Å². The Kier molecular flexibility index (Phi) is 5.61. The molecular weight excluding hydrogens is 308 g/mol. The van der Waals surface area contributed by atoms with E-state index in [1.54, 1.807) is 4.90 Å². The molecule has 1 aromatic carbocycles. The van der Waals surface area contributed by atoms with E-state index >= 15 is 0 Å². The molecule has 1 aliphatic rings. The van der Waals surface area contributed by atoms with Crippen LogP contribution in [0.2, 0.25) is 0 Å². The second-order valence-corrected chi connectivity index (χ2v) is 5.14. The molecule has 0 radical (unpaired) electrons. The van der Waals surface area contributed by atoms with Gasteiger partial charge in [0.1, 0.15) is 17.3 Å². The first-order chi connectivity index (χ1) is 11.0. The van der Waals surface area contributed by atoms with Crippen LogP contribution in [0.25, 0.3) is 0 Å². The summed E-state index contributed by atoms with van der Waals surface area (Å²) in [6, 6.07) is 3.10. The minimum Gasteiger partial charge on any atom is -0.348 e. The average molecular weight is 325 g/mol. The van der Waals surface area contributed by atoms with E-state index in [4.69, 9.17) is 0 Å². The van der Waals surface area contributed by atoms with Gasteiger partial charge in [-0.15, -0.1) is 0 Å². The molecule has 2 N–H and O–H groups in total. The van der Waals surface area contributed by atoms with Gasteiger partial charge in [0.2, 0.25) is 5.91 Å². The highest BCUT2D eigenvalue weighted by Gasteiger charge is 2.20. The van der Waals surface area contributed by atoms with Crippen LogP contribution in [0.3, 0.4) is 0 Å². The molecule has 0 spiro atoms. The van der Waals surface area contributed by atoms with Gasteiger partial charge < -0.3 is 15.5 Å². The van der Waals surface area contributed by atoms with Crippen LogP contribution in [0.5, 0.6) is 0 Å². The van der Waals surface area contributed by atoms with Crippen molar-refractivity contribution in [2.45, 2.75) is 19.3 Å². The molecule has 0 atom stereocenters. The zero-order chi connectivity index (χ0) is 16.8. The highest BCUT2D eigenvalue weighted by Crippen LogP contribution is 2.17. The molecular formula is C15H17F2N3O3. The van der Waals surface area contributed by atoms with Crippen molar-refractivity contribution in [3.8, 4) is 0 Å². The first kappa shape index (κ1) is 16.9. The summed E-state index contributed by atoms with van der Waals surface area (Å²) in [6.07, 6.45) is 1.88. The van der Waals surface area contributed by atoms with Gasteiger partial charge in [0.05, 0.1) is 0 Å². The zero-order valence-corrected chi connectivity index (χ0v) is 12.4. The van der Waals surface area contributed by atoms with E-state index in [1.807, 2.05) is 5.32 Å². The Balaban J connectivity index is 1.75. The Morgan fingerprint density at radius 3 is 2.48 bits per heavy atom. The molecule has 2 rings (SSSR count). The first-order valence-corrected chi connectivity index (χ1v) is 7.30. The normalized spacial score (nSPS) is 14.0. The number of hydrogen-bond acceptors (Lipinski definition) is 3. The number of rotatable bonds is 5. The quantitative estimate of drug-likeness (QED) is 0.627. The maximum absolute atomic E-state index is 13.4. The predicted molar refractivity (Wildman–Crippen MR) is 78.4 cm³/mol. The standard InChI is InChI=1S/C15H17F2N3O3/c16-10-4-1-5-11(17)13(10)19-15(23)14(22)18-7-3-9-20-8-2-6-12(20)21/h1,4-5H,2-3,6-9H2,(H,18,22)(H,19,23). The molecule has 23 heavy (non-hydrogen) atoms. The van der Waals surface area contributed by atoms with Crippen LogP contribution in [0.1, 0.15) is 19.3 Å². The molecule has 6 nitrogen and oxygen atoms in total. The molecule has 1 aliphatic heterocycles. The fourth-order valence-electron chi connectivity index (χ4n) is 2.28. The first-order valence-electron chi connectivity index (χ1n) is 7.30. The summed E-state index contributed by atoms with van der Waals surface area (Å²) in [4.78, 5) is 36.3. The Hall–Kier alpha value is -2.51. The van der Waals surface area contributed by atoms with Crippen molar-refractivity contribution >= 4 is 23.4 Å². The number of likely N-dealkylation sites (tertiary alicyclic amines) is 1. The molecule has 0 saturated carbocycles. The third-order valence-corrected chi connectivity index (χ3v) is 3.47. The van der Waals surface area contributed by atoms with E-state index in [0.29, 0.717) is 25.9 Å². The lowest BCUT2D eigenvalue weighted by Crippen LogP contribution is -2.37. The second kappa shape index (κ2) is 7.66. The van der Waals surface area contributed by atoms with Gasteiger partial charge >= 0.3 is 11.8 Å². The monoisotopic (exact) mass is 325 g/mol. The molecule has 1 aromatic rings. The third-order valence-electron chi connectivity index (χ3n) is 3.47. The number of carbonyl (C=O) groups is 3. The van der Waals surface area contributed by atoms with Gasteiger partial charge in [0, 0.05) is 26.1 Å². The van der Waals surface area contributed by atoms with Crippen LogP contribution in [-0.4, -0.2) is 42.3 Å². The lowest BCUT2D eigenvalue weighted by molar-refractivity contribution is -0.136.